The van der Waals surface area contributed by atoms with Crippen LogP contribution in [0.3, 0.4) is 0 Å². The maximum absolute atomic E-state index is 12.6. The highest BCUT2D eigenvalue weighted by atomic mass is 16.5. The summed E-state index contributed by atoms with van der Waals surface area (Å²) in [6.07, 6.45) is 52.1. The zero-order valence-electron chi connectivity index (χ0n) is 40.3. The number of carbonyl (C=O) groups excluding carboxylic acids is 2. The van der Waals surface area contributed by atoms with Gasteiger partial charge in [-0.3, -0.25) is 9.59 Å². The molecule has 0 radical (unpaired) electrons. The van der Waals surface area contributed by atoms with Gasteiger partial charge in [0.15, 0.2) is 0 Å². The highest BCUT2D eigenvalue weighted by Crippen LogP contribution is 2.29. The van der Waals surface area contributed by atoms with E-state index in [2.05, 4.69) is 78.0 Å². The third-order valence-electron chi connectivity index (χ3n) is 12.8. The van der Waals surface area contributed by atoms with Gasteiger partial charge in [0.25, 0.3) is 0 Å². The first-order valence-corrected chi connectivity index (χ1v) is 25.4. The summed E-state index contributed by atoms with van der Waals surface area (Å²) in [4.78, 5) is 25.2. The molecule has 60 heavy (non-hydrogen) atoms. The Bertz CT molecular complexity index is 1230. The number of esters is 2. The predicted octanol–water partition coefficient (Wildman–Crippen LogP) is 17.5. The van der Waals surface area contributed by atoms with E-state index in [-0.39, 0.29) is 23.8 Å². The van der Waals surface area contributed by atoms with E-state index in [1.54, 1.807) is 0 Å². The lowest BCUT2D eigenvalue weighted by atomic mass is 9.87. The van der Waals surface area contributed by atoms with Crippen LogP contribution in [0.15, 0.2) is 69.9 Å². The van der Waals surface area contributed by atoms with Crippen LogP contribution >= 0.6 is 0 Å². The molecule has 2 atom stereocenters. The van der Waals surface area contributed by atoms with Crippen LogP contribution in [0, 0.1) is 11.8 Å². The van der Waals surface area contributed by atoms with Gasteiger partial charge in [-0.15, -0.1) is 0 Å². The van der Waals surface area contributed by atoms with E-state index >= 15 is 0 Å². The van der Waals surface area contributed by atoms with Crippen molar-refractivity contribution in [2.24, 2.45) is 11.8 Å². The van der Waals surface area contributed by atoms with Crippen LogP contribution in [0.4, 0.5) is 0 Å². The van der Waals surface area contributed by atoms with Gasteiger partial charge < -0.3 is 9.47 Å². The van der Waals surface area contributed by atoms with E-state index in [0.29, 0.717) is 13.2 Å². The Labute approximate surface area is 371 Å². The predicted molar refractivity (Wildman–Crippen MR) is 259 cm³/mol. The second kappa shape index (κ2) is 35.9. The average Bonchev–Trinajstić information content (AvgIpc) is 3.22. The Morgan fingerprint density at radius 3 is 1.07 bits per heavy atom. The van der Waals surface area contributed by atoms with Gasteiger partial charge in [-0.25, -0.2) is 0 Å². The fourth-order valence-electron chi connectivity index (χ4n) is 8.66. The molecule has 0 bridgehead atoms. The second-order valence-electron chi connectivity index (χ2n) is 19.2. The minimum absolute atomic E-state index is 0.0283. The van der Waals surface area contributed by atoms with Gasteiger partial charge in [0.05, 0.1) is 25.0 Å². The molecule has 2 unspecified atom stereocenters. The SMILES string of the molecule is CC(C)=CCC/C(C)=C/CCC1=CCC(C(=O)OCCCCCCCCCCCCCCCCCCCCOC(=O)C2CC=C(CC/C=C(\C)CCC=C(C)C)CC2)CC1. The molecule has 2 aliphatic rings. The quantitative estimate of drug-likeness (QED) is 0.0363. The third kappa shape index (κ3) is 29.6. The molecule has 0 saturated carbocycles. The summed E-state index contributed by atoms with van der Waals surface area (Å²) in [6.45, 7) is 14.4. The molecule has 0 aliphatic heterocycles. The van der Waals surface area contributed by atoms with Gasteiger partial charge in [0.2, 0.25) is 0 Å². The van der Waals surface area contributed by atoms with E-state index in [9.17, 15) is 9.59 Å². The summed E-state index contributed by atoms with van der Waals surface area (Å²) in [7, 11) is 0. The molecule has 0 heterocycles. The maximum Gasteiger partial charge on any atom is 0.309 e. The van der Waals surface area contributed by atoms with Crippen LogP contribution in [0.2, 0.25) is 0 Å². The topological polar surface area (TPSA) is 52.6 Å². The number of allylic oxidation sites excluding steroid dienone is 12. The molecular formula is C56H94O4. The summed E-state index contributed by atoms with van der Waals surface area (Å²) in [5, 5.41) is 0. The number of carbonyl (C=O) groups is 2. The highest BCUT2D eigenvalue weighted by Gasteiger charge is 2.23. The molecule has 0 fully saturated rings. The smallest absolute Gasteiger partial charge is 0.309 e. The van der Waals surface area contributed by atoms with Gasteiger partial charge in [-0.2, -0.15) is 0 Å². The first kappa shape index (κ1) is 53.5. The van der Waals surface area contributed by atoms with Gasteiger partial charge in [0.1, 0.15) is 0 Å². The summed E-state index contributed by atoms with van der Waals surface area (Å²) >= 11 is 0. The van der Waals surface area contributed by atoms with Crippen LogP contribution in [-0.4, -0.2) is 25.2 Å². The standard InChI is InChI=1S/C56H94O4/c1-47(2)29-25-31-49(5)33-27-35-51-37-41-53(42-38-51)55(57)59-45-23-21-19-17-15-13-11-9-7-8-10-12-14-16-18-20-22-24-46-60-56(58)54-43-39-52(40-44-54)36-28-34-50(6)32-26-30-48(3)4/h29-30,33-34,37,39,53-54H,7-28,31-32,35-36,38,40-46H2,1-6H3/b49-33+,50-34+. The van der Waals surface area contributed by atoms with Crippen molar-refractivity contribution in [2.75, 3.05) is 13.2 Å². The van der Waals surface area contributed by atoms with E-state index in [1.165, 1.54) is 136 Å². The Balaban J connectivity index is 1.29. The van der Waals surface area contributed by atoms with E-state index in [4.69, 9.17) is 9.47 Å². The van der Waals surface area contributed by atoms with Crippen molar-refractivity contribution in [1.29, 1.82) is 0 Å². The fourth-order valence-corrected chi connectivity index (χ4v) is 8.66. The molecule has 2 rings (SSSR count). The molecule has 0 aromatic heterocycles. The molecule has 0 aromatic rings. The van der Waals surface area contributed by atoms with Crippen molar-refractivity contribution in [3.8, 4) is 0 Å². The van der Waals surface area contributed by atoms with E-state index in [0.717, 1.165) is 103 Å². The summed E-state index contributed by atoms with van der Waals surface area (Å²) in [6, 6.07) is 0. The maximum atomic E-state index is 12.6. The first-order chi connectivity index (χ1) is 29.1. The van der Waals surface area contributed by atoms with Crippen LogP contribution < -0.4 is 0 Å². The number of hydrogen-bond donors (Lipinski definition) is 0. The van der Waals surface area contributed by atoms with Crippen LogP contribution in [0.25, 0.3) is 0 Å². The van der Waals surface area contributed by atoms with E-state index < -0.39 is 0 Å². The Kier molecular flexibility index (Phi) is 32.0. The monoisotopic (exact) mass is 831 g/mol. The third-order valence-corrected chi connectivity index (χ3v) is 12.8. The lowest BCUT2D eigenvalue weighted by Gasteiger charge is -2.20. The average molecular weight is 831 g/mol. The minimum Gasteiger partial charge on any atom is -0.465 e. The number of rotatable bonds is 35. The molecule has 0 spiro atoms. The first-order valence-electron chi connectivity index (χ1n) is 25.4. The molecule has 0 aromatic carbocycles. The fraction of sp³-hybridized carbons (Fsp3) is 0.750. The molecule has 4 heteroatoms. The van der Waals surface area contributed by atoms with Crippen molar-refractivity contribution in [3.63, 3.8) is 0 Å². The van der Waals surface area contributed by atoms with Crippen molar-refractivity contribution >= 4 is 11.9 Å². The zero-order valence-corrected chi connectivity index (χ0v) is 40.3. The Morgan fingerprint density at radius 1 is 0.467 bits per heavy atom. The van der Waals surface area contributed by atoms with Gasteiger partial charge in [-0.05, 0) is 144 Å². The molecule has 342 valence electrons. The van der Waals surface area contributed by atoms with Gasteiger partial charge >= 0.3 is 11.9 Å². The summed E-state index contributed by atoms with van der Waals surface area (Å²) in [5.74, 6) is 0.189. The van der Waals surface area contributed by atoms with Crippen LogP contribution in [0.1, 0.15) is 247 Å². The van der Waals surface area contributed by atoms with Gasteiger partial charge in [0, 0.05) is 0 Å². The molecule has 0 N–H and O–H groups in total. The number of hydrogen-bond acceptors (Lipinski definition) is 4. The second-order valence-corrected chi connectivity index (χ2v) is 19.2. The lowest BCUT2D eigenvalue weighted by Crippen LogP contribution is -2.20. The van der Waals surface area contributed by atoms with Crippen molar-refractivity contribution < 1.29 is 19.1 Å². The van der Waals surface area contributed by atoms with Crippen molar-refractivity contribution in [3.05, 3.63) is 69.9 Å². The number of unbranched alkanes of at least 4 members (excludes halogenated alkanes) is 17. The van der Waals surface area contributed by atoms with Crippen molar-refractivity contribution in [2.45, 2.75) is 247 Å². The lowest BCUT2D eigenvalue weighted by molar-refractivity contribution is -0.149. The minimum atomic E-state index is 0.0283. The molecular weight excluding hydrogens is 737 g/mol. The largest absolute Gasteiger partial charge is 0.465 e. The van der Waals surface area contributed by atoms with Crippen LogP contribution in [-0.2, 0) is 19.1 Å². The summed E-state index contributed by atoms with van der Waals surface area (Å²) < 4.78 is 11.3. The Morgan fingerprint density at radius 2 is 0.783 bits per heavy atom. The van der Waals surface area contributed by atoms with E-state index in [1.807, 2.05) is 0 Å². The normalized spacial score (nSPS) is 17.2. The molecule has 2 aliphatic carbocycles. The van der Waals surface area contributed by atoms with Gasteiger partial charge in [-0.1, -0.05) is 173 Å². The summed E-state index contributed by atoms with van der Waals surface area (Å²) in [5.41, 5.74) is 8.82. The van der Waals surface area contributed by atoms with Crippen LogP contribution in [0.5, 0.6) is 0 Å². The highest BCUT2D eigenvalue weighted by molar-refractivity contribution is 5.73. The molecule has 0 amide bonds. The molecule has 0 saturated heterocycles. The zero-order chi connectivity index (χ0) is 43.5. The van der Waals surface area contributed by atoms with Crippen molar-refractivity contribution in [1.82, 2.24) is 0 Å². The number of ether oxygens (including phenoxy) is 2. The Hall–Kier alpha value is -2.62. The molecule has 4 nitrogen and oxygen atoms in total.